The Bertz CT molecular complexity index is 965. The summed E-state index contributed by atoms with van der Waals surface area (Å²) >= 11 is 0. The number of likely N-dealkylation sites (N-methyl/N-ethyl adjacent to an activating group) is 1. The maximum atomic E-state index is 12.8. The van der Waals surface area contributed by atoms with E-state index in [1.807, 2.05) is 18.2 Å². The number of H-pyrrole nitrogens is 1. The molecule has 0 fully saturated rings. The minimum atomic E-state index is -0.299. The first kappa shape index (κ1) is 18.8. The highest BCUT2D eigenvalue weighted by atomic mass is 16.2. The Kier molecular flexibility index (Phi) is 5.98. The van der Waals surface area contributed by atoms with Crippen LogP contribution in [0.4, 0.5) is 0 Å². The smallest absolute Gasteiger partial charge is 0.272 e. The van der Waals surface area contributed by atoms with E-state index in [0.29, 0.717) is 17.3 Å². The minimum absolute atomic E-state index is 0.0687. The molecule has 0 aliphatic heterocycles. The van der Waals surface area contributed by atoms with Crippen LogP contribution in [0, 0.1) is 0 Å². The number of aromatic amines is 1. The Hall–Kier alpha value is -2.99. The predicted octanol–water partition coefficient (Wildman–Crippen LogP) is 2.74. The molecule has 2 aromatic carbocycles. The molecule has 0 radical (unpaired) electrons. The van der Waals surface area contributed by atoms with E-state index >= 15 is 0 Å². The Balaban J connectivity index is 1.85. The van der Waals surface area contributed by atoms with Crippen LogP contribution >= 0.6 is 0 Å². The molecule has 1 unspecified atom stereocenters. The Morgan fingerprint density at radius 2 is 1.67 bits per heavy atom. The highest BCUT2D eigenvalue weighted by Crippen LogP contribution is 2.20. The van der Waals surface area contributed by atoms with E-state index in [1.54, 1.807) is 24.3 Å². The van der Waals surface area contributed by atoms with Gasteiger partial charge in [0.1, 0.15) is 0 Å². The minimum Gasteiger partial charge on any atom is -0.349 e. The molecule has 0 saturated heterocycles. The second-order valence-electron chi connectivity index (χ2n) is 6.30. The van der Waals surface area contributed by atoms with Crippen LogP contribution in [0.2, 0.25) is 0 Å². The summed E-state index contributed by atoms with van der Waals surface area (Å²) in [5.41, 5.74) is 1.09. The normalized spacial score (nSPS) is 12.3. The van der Waals surface area contributed by atoms with E-state index in [1.165, 1.54) is 0 Å². The second-order valence-corrected chi connectivity index (χ2v) is 6.30. The fraction of sp³-hybridized carbons (Fsp3) is 0.286. The SMILES string of the molecule is CCN(CC)C(CNC(=O)c1n[nH]c(=O)c2ccccc12)c1ccccc1. The first-order valence-corrected chi connectivity index (χ1v) is 9.20. The fourth-order valence-electron chi connectivity index (χ4n) is 3.36. The van der Waals surface area contributed by atoms with E-state index in [-0.39, 0.29) is 23.2 Å². The number of rotatable bonds is 7. The largest absolute Gasteiger partial charge is 0.349 e. The zero-order valence-corrected chi connectivity index (χ0v) is 15.6. The molecule has 1 aromatic heterocycles. The molecule has 1 atom stereocenters. The summed E-state index contributed by atoms with van der Waals surface area (Å²) in [6.45, 7) is 6.44. The third-order valence-corrected chi connectivity index (χ3v) is 4.80. The summed E-state index contributed by atoms with van der Waals surface area (Å²) in [6.07, 6.45) is 0. The number of aromatic nitrogens is 2. The number of carbonyl (C=O) groups excluding carboxylic acids is 1. The first-order chi connectivity index (χ1) is 13.2. The summed E-state index contributed by atoms with van der Waals surface area (Å²) in [6, 6.07) is 17.2. The summed E-state index contributed by atoms with van der Waals surface area (Å²) in [5, 5.41) is 10.4. The summed E-state index contributed by atoms with van der Waals surface area (Å²) in [5.74, 6) is -0.296. The number of amides is 1. The van der Waals surface area contributed by atoms with Crippen LogP contribution in [0.3, 0.4) is 0 Å². The lowest BCUT2D eigenvalue weighted by Crippen LogP contribution is -2.38. The Morgan fingerprint density at radius 3 is 2.33 bits per heavy atom. The first-order valence-electron chi connectivity index (χ1n) is 9.20. The lowest BCUT2D eigenvalue weighted by atomic mass is 10.0. The van der Waals surface area contributed by atoms with Crippen LogP contribution in [0.15, 0.2) is 59.4 Å². The van der Waals surface area contributed by atoms with Crippen molar-refractivity contribution in [3.8, 4) is 0 Å². The zero-order valence-electron chi connectivity index (χ0n) is 15.6. The molecule has 0 aliphatic carbocycles. The maximum absolute atomic E-state index is 12.8. The third-order valence-electron chi connectivity index (χ3n) is 4.80. The number of fused-ring (bicyclic) bond motifs is 1. The van der Waals surface area contributed by atoms with Gasteiger partial charge >= 0.3 is 0 Å². The van der Waals surface area contributed by atoms with Crippen molar-refractivity contribution < 1.29 is 4.79 Å². The number of benzene rings is 2. The molecule has 140 valence electrons. The van der Waals surface area contributed by atoms with Crippen molar-refractivity contribution in [2.75, 3.05) is 19.6 Å². The van der Waals surface area contributed by atoms with Crippen molar-refractivity contribution in [3.05, 3.63) is 76.2 Å². The molecule has 27 heavy (non-hydrogen) atoms. The summed E-state index contributed by atoms with van der Waals surface area (Å²) in [7, 11) is 0. The summed E-state index contributed by atoms with van der Waals surface area (Å²) < 4.78 is 0. The molecule has 6 heteroatoms. The van der Waals surface area contributed by atoms with Gasteiger partial charge in [-0.25, -0.2) is 5.10 Å². The van der Waals surface area contributed by atoms with Gasteiger partial charge in [0.25, 0.3) is 11.5 Å². The molecular weight excluding hydrogens is 340 g/mol. The summed E-state index contributed by atoms with van der Waals surface area (Å²) in [4.78, 5) is 27.0. The van der Waals surface area contributed by atoms with Crippen molar-refractivity contribution in [2.45, 2.75) is 19.9 Å². The second kappa shape index (κ2) is 8.60. The van der Waals surface area contributed by atoms with Crippen LogP contribution < -0.4 is 10.9 Å². The number of carbonyl (C=O) groups is 1. The molecule has 0 bridgehead atoms. The van der Waals surface area contributed by atoms with Gasteiger partial charge in [-0.05, 0) is 24.7 Å². The number of hydrogen-bond donors (Lipinski definition) is 2. The molecule has 3 rings (SSSR count). The van der Waals surface area contributed by atoms with Gasteiger partial charge in [-0.3, -0.25) is 14.5 Å². The predicted molar refractivity (Wildman–Crippen MR) is 107 cm³/mol. The van der Waals surface area contributed by atoms with Crippen LogP contribution in [-0.4, -0.2) is 40.6 Å². The molecule has 0 spiro atoms. The quantitative estimate of drug-likeness (QED) is 0.676. The van der Waals surface area contributed by atoms with Crippen LogP contribution in [0.5, 0.6) is 0 Å². The average molecular weight is 364 g/mol. The van der Waals surface area contributed by atoms with Gasteiger partial charge in [-0.2, -0.15) is 5.10 Å². The van der Waals surface area contributed by atoms with Crippen molar-refractivity contribution in [2.24, 2.45) is 0 Å². The average Bonchev–Trinajstić information content (AvgIpc) is 2.72. The van der Waals surface area contributed by atoms with Crippen molar-refractivity contribution >= 4 is 16.7 Å². The van der Waals surface area contributed by atoms with Crippen LogP contribution in [0.1, 0.15) is 35.9 Å². The Labute approximate surface area is 158 Å². The third kappa shape index (κ3) is 4.06. The van der Waals surface area contributed by atoms with Gasteiger partial charge in [0.05, 0.1) is 11.4 Å². The van der Waals surface area contributed by atoms with Crippen LogP contribution in [-0.2, 0) is 0 Å². The Morgan fingerprint density at radius 1 is 1.04 bits per heavy atom. The lowest BCUT2D eigenvalue weighted by Gasteiger charge is -2.30. The maximum Gasteiger partial charge on any atom is 0.272 e. The van der Waals surface area contributed by atoms with E-state index in [9.17, 15) is 9.59 Å². The van der Waals surface area contributed by atoms with E-state index < -0.39 is 0 Å². The number of nitrogens with zero attached hydrogens (tertiary/aromatic N) is 2. The van der Waals surface area contributed by atoms with Crippen molar-refractivity contribution in [1.82, 2.24) is 20.4 Å². The van der Waals surface area contributed by atoms with Gasteiger partial charge in [-0.1, -0.05) is 62.4 Å². The molecule has 0 aliphatic rings. The van der Waals surface area contributed by atoms with E-state index in [2.05, 4.69) is 46.4 Å². The molecule has 2 N–H and O–H groups in total. The number of hydrogen-bond acceptors (Lipinski definition) is 4. The zero-order chi connectivity index (χ0) is 19.2. The standard InChI is InChI=1S/C21H24N4O2/c1-3-25(4-2)18(15-10-6-5-7-11-15)14-22-21(27)19-16-12-8-9-13-17(16)20(26)24-23-19/h5-13,18H,3-4,14H2,1-2H3,(H,22,27)(H,24,26). The van der Waals surface area contributed by atoms with E-state index in [4.69, 9.17) is 0 Å². The number of nitrogens with one attached hydrogen (secondary N) is 2. The van der Waals surface area contributed by atoms with Gasteiger partial charge in [0.15, 0.2) is 5.69 Å². The van der Waals surface area contributed by atoms with Crippen molar-refractivity contribution in [3.63, 3.8) is 0 Å². The fourth-order valence-corrected chi connectivity index (χ4v) is 3.36. The molecule has 1 heterocycles. The monoisotopic (exact) mass is 364 g/mol. The molecule has 6 nitrogen and oxygen atoms in total. The highest BCUT2D eigenvalue weighted by molar-refractivity contribution is 6.04. The van der Waals surface area contributed by atoms with E-state index in [0.717, 1.165) is 18.7 Å². The topological polar surface area (TPSA) is 78.1 Å². The van der Waals surface area contributed by atoms with Crippen molar-refractivity contribution in [1.29, 1.82) is 0 Å². The van der Waals surface area contributed by atoms with Gasteiger partial charge < -0.3 is 5.32 Å². The van der Waals surface area contributed by atoms with Gasteiger partial charge in [-0.15, -0.1) is 0 Å². The molecule has 1 amide bonds. The lowest BCUT2D eigenvalue weighted by molar-refractivity contribution is 0.0930. The molecule has 3 aromatic rings. The van der Waals surface area contributed by atoms with Crippen LogP contribution in [0.25, 0.3) is 10.8 Å². The van der Waals surface area contributed by atoms with Gasteiger partial charge in [0, 0.05) is 11.9 Å². The molecule has 0 saturated carbocycles. The molecular formula is C21H24N4O2. The van der Waals surface area contributed by atoms with Gasteiger partial charge in [0.2, 0.25) is 0 Å². The highest BCUT2D eigenvalue weighted by Gasteiger charge is 2.20.